The van der Waals surface area contributed by atoms with Crippen molar-refractivity contribution in [1.29, 1.82) is 0 Å². The van der Waals surface area contributed by atoms with Gasteiger partial charge >= 0.3 is 5.97 Å². The molecule has 0 fully saturated rings. The number of hydrogen-bond donors (Lipinski definition) is 1. The first-order chi connectivity index (χ1) is 7.95. The Hall–Kier alpha value is -1.55. The zero-order chi connectivity index (χ0) is 13.0. The third kappa shape index (κ3) is 4.04. The van der Waals surface area contributed by atoms with Gasteiger partial charge in [0.15, 0.2) is 0 Å². The fourth-order valence-electron chi connectivity index (χ4n) is 1.44. The molecule has 0 atom stereocenters. The summed E-state index contributed by atoms with van der Waals surface area (Å²) >= 11 is 0. The lowest BCUT2D eigenvalue weighted by atomic mass is 10.0. The summed E-state index contributed by atoms with van der Waals surface area (Å²) in [5, 5.41) is 9.08. The molecule has 100 valence electrons. The van der Waals surface area contributed by atoms with Crippen LogP contribution in [0.3, 0.4) is 0 Å². The Kier molecular flexibility index (Phi) is 6.41. The minimum absolute atomic E-state index is 0. The summed E-state index contributed by atoms with van der Waals surface area (Å²) in [7, 11) is 1.92. The molecule has 1 aromatic rings. The Bertz CT molecular complexity index is 459. The van der Waals surface area contributed by atoms with Crippen LogP contribution >= 0.6 is 12.4 Å². The number of halogens is 1. The van der Waals surface area contributed by atoms with E-state index < -0.39 is 5.97 Å². The first-order valence-electron chi connectivity index (χ1n) is 5.54. The third-order valence-corrected chi connectivity index (χ3v) is 2.65. The van der Waals surface area contributed by atoms with E-state index in [0.29, 0.717) is 16.8 Å². The summed E-state index contributed by atoms with van der Waals surface area (Å²) in [5.41, 5.74) is 2.63. The van der Waals surface area contributed by atoms with Crippen LogP contribution in [0.25, 0.3) is 0 Å². The average molecular weight is 271 g/mol. The first-order valence-corrected chi connectivity index (χ1v) is 5.54. The van der Waals surface area contributed by atoms with Gasteiger partial charge in [0.25, 0.3) is 0 Å². The number of benzene rings is 1. The zero-order valence-corrected chi connectivity index (χ0v) is 11.9. The zero-order valence-electron chi connectivity index (χ0n) is 11.1. The average Bonchev–Trinajstić information content (AvgIpc) is 2.28. The molecule has 1 rings (SSSR count). The number of aryl methyl sites for hydroxylation is 1. The van der Waals surface area contributed by atoms with Crippen molar-refractivity contribution in [1.82, 2.24) is 4.90 Å². The van der Waals surface area contributed by atoms with E-state index in [9.17, 15) is 4.79 Å². The summed E-state index contributed by atoms with van der Waals surface area (Å²) in [4.78, 5) is 17.3. The molecule has 1 aromatic carbocycles. The first kappa shape index (κ1) is 16.4. The SMILES string of the molecule is CCN(C)C=Nc1cc(C)cc(C(=O)O)c1C.Cl. The molecular formula is C13H19ClN2O2. The van der Waals surface area contributed by atoms with Crippen molar-refractivity contribution in [2.45, 2.75) is 20.8 Å². The van der Waals surface area contributed by atoms with E-state index >= 15 is 0 Å². The number of rotatable bonds is 4. The van der Waals surface area contributed by atoms with E-state index in [2.05, 4.69) is 4.99 Å². The highest BCUT2D eigenvalue weighted by atomic mass is 35.5. The summed E-state index contributed by atoms with van der Waals surface area (Å²) in [5.74, 6) is -0.911. The van der Waals surface area contributed by atoms with Gasteiger partial charge in [-0.1, -0.05) is 0 Å². The molecule has 1 N–H and O–H groups in total. The highest BCUT2D eigenvalue weighted by Crippen LogP contribution is 2.24. The molecular weight excluding hydrogens is 252 g/mol. The second-order valence-electron chi connectivity index (χ2n) is 4.08. The molecule has 0 unspecified atom stereocenters. The molecule has 18 heavy (non-hydrogen) atoms. The molecule has 0 aliphatic rings. The van der Waals surface area contributed by atoms with E-state index in [1.54, 1.807) is 19.3 Å². The fraction of sp³-hybridized carbons (Fsp3) is 0.385. The molecule has 0 heterocycles. The lowest BCUT2D eigenvalue weighted by Crippen LogP contribution is -2.14. The third-order valence-electron chi connectivity index (χ3n) is 2.65. The number of carboxylic acids is 1. The van der Waals surface area contributed by atoms with Crippen LogP contribution in [-0.4, -0.2) is 35.9 Å². The number of aliphatic imine (C=N–C) groups is 1. The van der Waals surface area contributed by atoms with E-state index in [-0.39, 0.29) is 12.4 Å². The van der Waals surface area contributed by atoms with Crippen LogP contribution in [0.1, 0.15) is 28.4 Å². The number of aromatic carboxylic acids is 1. The van der Waals surface area contributed by atoms with Gasteiger partial charge in [0.05, 0.1) is 17.6 Å². The molecule has 0 bridgehead atoms. The van der Waals surface area contributed by atoms with Gasteiger partial charge in [-0.2, -0.15) is 0 Å². The molecule has 0 spiro atoms. The van der Waals surface area contributed by atoms with Crippen molar-refractivity contribution in [3.05, 3.63) is 28.8 Å². The van der Waals surface area contributed by atoms with E-state index in [0.717, 1.165) is 12.1 Å². The van der Waals surface area contributed by atoms with Crippen molar-refractivity contribution >= 4 is 30.4 Å². The Morgan fingerprint density at radius 1 is 1.44 bits per heavy atom. The monoisotopic (exact) mass is 270 g/mol. The maximum atomic E-state index is 11.1. The molecule has 0 radical (unpaired) electrons. The Labute approximate surface area is 114 Å². The van der Waals surface area contributed by atoms with Crippen molar-refractivity contribution in [2.75, 3.05) is 13.6 Å². The van der Waals surface area contributed by atoms with Crippen molar-refractivity contribution in [2.24, 2.45) is 4.99 Å². The molecule has 0 saturated heterocycles. The minimum Gasteiger partial charge on any atom is -0.478 e. The number of carboxylic acid groups (broad SMARTS) is 1. The largest absolute Gasteiger partial charge is 0.478 e. The standard InChI is InChI=1S/C13H18N2O2.ClH/c1-5-15(4)8-14-12-7-9(2)6-11(10(12)3)13(16)17;/h6-8H,5H2,1-4H3,(H,16,17);1H. The van der Waals surface area contributed by atoms with Crippen LogP contribution in [0.2, 0.25) is 0 Å². The summed E-state index contributed by atoms with van der Waals surface area (Å²) in [6, 6.07) is 3.56. The van der Waals surface area contributed by atoms with Crippen LogP contribution in [0, 0.1) is 13.8 Å². The highest BCUT2D eigenvalue weighted by molar-refractivity contribution is 5.91. The van der Waals surface area contributed by atoms with Gasteiger partial charge in [-0.15, -0.1) is 12.4 Å². The normalized spacial score (nSPS) is 10.2. The van der Waals surface area contributed by atoms with Crippen molar-refractivity contribution < 1.29 is 9.90 Å². The summed E-state index contributed by atoms with van der Waals surface area (Å²) in [6.07, 6.45) is 1.72. The van der Waals surface area contributed by atoms with Gasteiger partial charge in [-0.05, 0) is 44.0 Å². The van der Waals surface area contributed by atoms with E-state index in [4.69, 9.17) is 5.11 Å². The second-order valence-corrected chi connectivity index (χ2v) is 4.08. The Morgan fingerprint density at radius 2 is 2.06 bits per heavy atom. The molecule has 0 amide bonds. The highest BCUT2D eigenvalue weighted by Gasteiger charge is 2.10. The van der Waals surface area contributed by atoms with Gasteiger partial charge < -0.3 is 10.0 Å². The van der Waals surface area contributed by atoms with Crippen LogP contribution in [0.15, 0.2) is 17.1 Å². The predicted molar refractivity (Wildman–Crippen MR) is 76.6 cm³/mol. The van der Waals surface area contributed by atoms with Gasteiger partial charge in [0.2, 0.25) is 0 Å². The Morgan fingerprint density at radius 3 is 2.56 bits per heavy atom. The smallest absolute Gasteiger partial charge is 0.336 e. The van der Waals surface area contributed by atoms with Crippen LogP contribution < -0.4 is 0 Å². The second kappa shape index (κ2) is 7.01. The van der Waals surface area contributed by atoms with Gasteiger partial charge in [-0.25, -0.2) is 9.79 Å². The minimum atomic E-state index is -0.911. The summed E-state index contributed by atoms with van der Waals surface area (Å²) in [6.45, 7) is 6.54. The van der Waals surface area contributed by atoms with Gasteiger partial charge in [-0.3, -0.25) is 0 Å². The molecule has 0 aromatic heterocycles. The number of nitrogens with zero attached hydrogens (tertiary/aromatic N) is 2. The Balaban J connectivity index is 0.00000289. The van der Waals surface area contributed by atoms with Crippen LogP contribution in [0.5, 0.6) is 0 Å². The molecule has 0 aliphatic heterocycles. The number of carbonyl (C=O) groups is 1. The van der Waals surface area contributed by atoms with Gasteiger partial charge in [0.1, 0.15) is 0 Å². The topological polar surface area (TPSA) is 52.9 Å². The van der Waals surface area contributed by atoms with E-state index in [1.807, 2.05) is 31.9 Å². The predicted octanol–water partition coefficient (Wildman–Crippen LogP) is 3.03. The molecule has 0 saturated carbocycles. The van der Waals surface area contributed by atoms with Crippen LogP contribution in [0.4, 0.5) is 5.69 Å². The maximum absolute atomic E-state index is 11.1. The summed E-state index contributed by atoms with van der Waals surface area (Å²) < 4.78 is 0. The quantitative estimate of drug-likeness (QED) is 0.676. The molecule has 0 aliphatic carbocycles. The molecule has 5 heteroatoms. The van der Waals surface area contributed by atoms with Gasteiger partial charge in [0, 0.05) is 13.6 Å². The van der Waals surface area contributed by atoms with E-state index in [1.165, 1.54) is 0 Å². The fourth-order valence-corrected chi connectivity index (χ4v) is 1.44. The lowest BCUT2D eigenvalue weighted by Gasteiger charge is -2.10. The number of hydrogen-bond acceptors (Lipinski definition) is 2. The van der Waals surface area contributed by atoms with Crippen molar-refractivity contribution in [3.63, 3.8) is 0 Å². The van der Waals surface area contributed by atoms with Crippen LogP contribution in [-0.2, 0) is 0 Å². The maximum Gasteiger partial charge on any atom is 0.336 e. The lowest BCUT2D eigenvalue weighted by molar-refractivity contribution is 0.0696. The molecule has 4 nitrogen and oxygen atoms in total. The van der Waals surface area contributed by atoms with Crippen molar-refractivity contribution in [3.8, 4) is 0 Å².